The van der Waals surface area contributed by atoms with Gasteiger partial charge in [0.25, 0.3) is 5.91 Å². The van der Waals surface area contributed by atoms with Crippen LogP contribution in [-0.2, 0) is 0 Å². The minimum absolute atomic E-state index is 0.298. The predicted octanol–water partition coefficient (Wildman–Crippen LogP) is 4.04. The predicted molar refractivity (Wildman–Crippen MR) is 106 cm³/mol. The Bertz CT molecular complexity index is 757. The molecule has 0 aliphatic heterocycles. The van der Waals surface area contributed by atoms with Crippen LogP contribution in [0.15, 0.2) is 47.6 Å². The van der Waals surface area contributed by atoms with Gasteiger partial charge in [0.15, 0.2) is 0 Å². The maximum absolute atomic E-state index is 12.1. The van der Waals surface area contributed by atoms with E-state index >= 15 is 0 Å². The monoisotopic (exact) mass is 370 g/mol. The van der Waals surface area contributed by atoms with E-state index < -0.39 is 0 Å². The van der Waals surface area contributed by atoms with Gasteiger partial charge in [0.1, 0.15) is 17.2 Å². The minimum Gasteiger partial charge on any atom is -0.497 e. The molecule has 0 spiro atoms. The van der Waals surface area contributed by atoms with Crippen LogP contribution in [0.5, 0.6) is 17.2 Å². The van der Waals surface area contributed by atoms with E-state index in [-0.39, 0.29) is 5.91 Å². The molecule has 0 saturated carbocycles. The van der Waals surface area contributed by atoms with Crippen molar-refractivity contribution in [1.82, 2.24) is 5.43 Å². The summed E-state index contributed by atoms with van der Waals surface area (Å²) in [5.41, 5.74) is 3.78. The van der Waals surface area contributed by atoms with E-state index in [1.54, 1.807) is 37.6 Å². The number of nitrogens with zero attached hydrogens (tertiary/aromatic N) is 1. The molecule has 0 saturated heterocycles. The molecule has 27 heavy (non-hydrogen) atoms. The zero-order chi connectivity index (χ0) is 19.5. The Morgan fingerprint density at radius 2 is 1.67 bits per heavy atom. The summed E-state index contributed by atoms with van der Waals surface area (Å²) in [7, 11) is 1.58. The van der Waals surface area contributed by atoms with Gasteiger partial charge in [-0.2, -0.15) is 5.10 Å². The topological polar surface area (TPSA) is 69.2 Å². The van der Waals surface area contributed by atoms with Crippen LogP contribution in [0.2, 0.25) is 0 Å². The van der Waals surface area contributed by atoms with Crippen LogP contribution < -0.4 is 19.6 Å². The lowest BCUT2D eigenvalue weighted by molar-refractivity contribution is 0.0955. The third-order valence-corrected chi connectivity index (χ3v) is 3.64. The second-order valence-electron chi connectivity index (χ2n) is 5.82. The van der Waals surface area contributed by atoms with Crippen LogP contribution in [-0.4, -0.2) is 32.4 Å². The molecule has 6 nitrogen and oxygen atoms in total. The second kappa shape index (κ2) is 10.9. The zero-order valence-electron chi connectivity index (χ0n) is 16.0. The van der Waals surface area contributed by atoms with Gasteiger partial charge in [-0.25, -0.2) is 5.43 Å². The third kappa shape index (κ3) is 6.33. The van der Waals surface area contributed by atoms with Gasteiger partial charge in [-0.05, 0) is 49.2 Å². The fraction of sp³-hybridized carbons (Fsp3) is 0.333. The number of carbonyl (C=O) groups is 1. The number of benzene rings is 2. The summed E-state index contributed by atoms with van der Waals surface area (Å²) in [6, 6.07) is 12.4. The molecule has 1 amide bonds. The minimum atomic E-state index is -0.298. The van der Waals surface area contributed by atoms with Gasteiger partial charge in [0.05, 0.1) is 26.5 Å². The van der Waals surface area contributed by atoms with Gasteiger partial charge in [-0.1, -0.05) is 13.8 Å². The maximum Gasteiger partial charge on any atom is 0.271 e. The second-order valence-corrected chi connectivity index (χ2v) is 5.82. The number of rotatable bonds is 10. The first kappa shape index (κ1) is 20.3. The van der Waals surface area contributed by atoms with Crippen molar-refractivity contribution in [3.63, 3.8) is 0 Å². The Morgan fingerprint density at radius 3 is 2.33 bits per heavy atom. The molecule has 6 heteroatoms. The SMILES string of the molecule is CCCOc1ccc(C=NNC(=O)c2ccc(OC)cc2)c(OCCC)c1. The van der Waals surface area contributed by atoms with E-state index in [1.165, 1.54) is 0 Å². The first-order valence-corrected chi connectivity index (χ1v) is 9.05. The Kier molecular flexibility index (Phi) is 8.16. The molecule has 1 N–H and O–H groups in total. The van der Waals surface area contributed by atoms with Crippen LogP contribution in [0.25, 0.3) is 0 Å². The van der Waals surface area contributed by atoms with Crippen LogP contribution >= 0.6 is 0 Å². The van der Waals surface area contributed by atoms with Crippen LogP contribution in [0, 0.1) is 0 Å². The summed E-state index contributed by atoms with van der Waals surface area (Å²) < 4.78 is 16.5. The summed E-state index contributed by atoms with van der Waals surface area (Å²) in [5.74, 6) is 1.82. The number of hydrogen-bond donors (Lipinski definition) is 1. The molecule has 0 aliphatic carbocycles. The summed E-state index contributed by atoms with van der Waals surface area (Å²) in [4.78, 5) is 12.1. The van der Waals surface area contributed by atoms with Crippen molar-refractivity contribution in [1.29, 1.82) is 0 Å². The molecule has 0 fully saturated rings. The van der Waals surface area contributed by atoms with E-state index in [4.69, 9.17) is 14.2 Å². The van der Waals surface area contributed by atoms with E-state index in [9.17, 15) is 4.79 Å². The van der Waals surface area contributed by atoms with E-state index in [2.05, 4.69) is 17.5 Å². The first-order chi connectivity index (χ1) is 13.2. The largest absolute Gasteiger partial charge is 0.497 e. The van der Waals surface area contributed by atoms with E-state index in [1.807, 2.05) is 25.1 Å². The molecule has 2 rings (SSSR count). The van der Waals surface area contributed by atoms with Crippen molar-refractivity contribution in [2.75, 3.05) is 20.3 Å². The molecule has 0 bridgehead atoms. The van der Waals surface area contributed by atoms with Gasteiger partial charge in [0, 0.05) is 17.2 Å². The van der Waals surface area contributed by atoms with Gasteiger partial charge >= 0.3 is 0 Å². The highest BCUT2D eigenvalue weighted by Gasteiger charge is 2.06. The summed E-state index contributed by atoms with van der Waals surface area (Å²) >= 11 is 0. The van der Waals surface area contributed by atoms with Crippen molar-refractivity contribution < 1.29 is 19.0 Å². The number of carbonyl (C=O) groups excluding carboxylic acids is 1. The molecular formula is C21H26N2O4. The molecular weight excluding hydrogens is 344 g/mol. The average Bonchev–Trinajstić information content (AvgIpc) is 2.71. The Labute approximate surface area is 160 Å². The molecule has 2 aromatic carbocycles. The maximum atomic E-state index is 12.1. The molecule has 0 atom stereocenters. The normalized spacial score (nSPS) is 10.6. The first-order valence-electron chi connectivity index (χ1n) is 9.05. The molecule has 0 unspecified atom stereocenters. The smallest absolute Gasteiger partial charge is 0.271 e. The summed E-state index contributed by atoms with van der Waals surface area (Å²) in [5, 5.41) is 4.04. The number of methoxy groups -OCH3 is 1. The van der Waals surface area contributed by atoms with Crippen molar-refractivity contribution >= 4 is 12.1 Å². The lowest BCUT2D eigenvalue weighted by Gasteiger charge is -2.11. The van der Waals surface area contributed by atoms with Crippen molar-refractivity contribution in [3.8, 4) is 17.2 Å². The molecule has 144 valence electrons. The summed E-state index contributed by atoms with van der Waals surface area (Å²) in [6.45, 7) is 5.34. The van der Waals surface area contributed by atoms with Crippen LogP contribution in [0.1, 0.15) is 42.6 Å². The zero-order valence-corrected chi connectivity index (χ0v) is 16.0. The van der Waals surface area contributed by atoms with E-state index in [0.717, 1.165) is 24.2 Å². The van der Waals surface area contributed by atoms with Crippen molar-refractivity contribution in [3.05, 3.63) is 53.6 Å². The standard InChI is InChI=1S/C21H26N2O4/c1-4-12-26-19-11-8-17(20(14-19)27-13-5-2)15-22-23-21(24)16-6-9-18(25-3)10-7-16/h6-11,14-15H,4-5,12-13H2,1-3H3,(H,23,24). The molecule has 2 aromatic rings. The van der Waals surface area contributed by atoms with Crippen molar-refractivity contribution in [2.24, 2.45) is 5.10 Å². The fourth-order valence-corrected chi connectivity index (χ4v) is 2.24. The van der Waals surface area contributed by atoms with Crippen LogP contribution in [0.4, 0.5) is 0 Å². The molecule has 0 aromatic heterocycles. The number of ether oxygens (including phenoxy) is 3. The quantitative estimate of drug-likeness (QED) is 0.506. The highest BCUT2D eigenvalue weighted by molar-refractivity contribution is 5.95. The lowest BCUT2D eigenvalue weighted by atomic mass is 10.2. The van der Waals surface area contributed by atoms with Gasteiger partial charge < -0.3 is 14.2 Å². The van der Waals surface area contributed by atoms with Crippen LogP contribution in [0.3, 0.4) is 0 Å². The highest BCUT2D eigenvalue weighted by atomic mass is 16.5. The Hall–Kier alpha value is -3.02. The number of hydrazone groups is 1. The number of nitrogens with one attached hydrogen (secondary N) is 1. The average molecular weight is 370 g/mol. The van der Waals surface area contributed by atoms with Gasteiger partial charge in [0.2, 0.25) is 0 Å². The lowest BCUT2D eigenvalue weighted by Crippen LogP contribution is -2.17. The number of amides is 1. The fourth-order valence-electron chi connectivity index (χ4n) is 2.24. The molecule has 0 heterocycles. The van der Waals surface area contributed by atoms with Gasteiger partial charge in [-0.15, -0.1) is 0 Å². The highest BCUT2D eigenvalue weighted by Crippen LogP contribution is 2.24. The van der Waals surface area contributed by atoms with Gasteiger partial charge in [-0.3, -0.25) is 4.79 Å². The Morgan fingerprint density at radius 1 is 1.00 bits per heavy atom. The molecule has 0 radical (unpaired) electrons. The summed E-state index contributed by atoms with van der Waals surface area (Å²) in [6.07, 6.45) is 3.40. The van der Waals surface area contributed by atoms with Crippen molar-refractivity contribution in [2.45, 2.75) is 26.7 Å². The number of hydrogen-bond acceptors (Lipinski definition) is 5. The van der Waals surface area contributed by atoms with E-state index in [0.29, 0.717) is 30.3 Å². The Balaban J connectivity index is 2.05. The third-order valence-electron chi connectivity index (χ3n) is 3.64. The molecule has 0 aliphatic rings.